The number of aliphatic carboxylic acids is 1. The molecule has 0 amide bonds. The average molecular weight is 265 g/mol. The molecule has 0 unspecified atom stereocenters. The zero-order chi connectivity index (χ0) is 14.0. The molecule has 1 saturated heterocycles. The van der Waals surface area contributed by atoms with E-state index >= 15 is 0 Å². The fraction of sp³-hybridized carbons (Fsp3) is 0.500. The Morgan fingerprint density at radius 1 is 1.47 bits per heavy atom. The van der Waals surface area contributed by atoms with E-state index in [0.717, 1.165) is 12.1 Å². The molecule has 2 atom stereocenters. The van der Waals surface area contributed by atoms with Crippen molar-refractivity contribution in [2.75, 3.05) is 20.2 Å². The molecule has 0 radical (unpaired) electrons. The molecule has 104 valence electrons. The lowest BCUT2D eigenvalue weighted by molar-refractivity contribution is -0.142. The number of rotatable bonds is 4. The highest BCUT2D eigenvalue weighted by Gasteiger charge is 2.34. The van der Waals surface area contributed by atoms with Crippen molar-refractivity contribution < 1.29 is 19.7 Å². The van der Waals surface area contributed by atoms with Gasteiger partial charge < -0.3 is 14.9 Å². The number of benzene rings is 1. The SMILES string of the molecule is COc1ccc(O)c(CN2C[C@@H](C)[C@H](C(=O)O)C2)c1. The van der Waals surface area contributed by atoms with E-state index < -0.39 is 5.97 Å². The van der Waals surface area contributed by atoms with Crippen LogP contribution in [0.3, 0.4) is 0 Å². The number of carboxylic acid groups (broad SMARTS) is 1. The Morgan fingerprint density at radius 2 is 2.21 bits per heavy atom. The van der Waals surface area contributed by atoms with E-state index in [-0.39, 0.29) is 17.6 Å². The Morgan fingerprint density at radius 3 is 2.79 bits per heavy atom. The first kappa shape index (κ1) is 13.7. The van der Waals surface area contributed by atoms with E-state index in [0.29, 0.717) is 18.8 Å². The maximum atomic E-state index is 11.1. The number of methoxy groups -OCH3 is 1. The molecular formula is C14H19NO4. The van der Waals surface area contributed by atoms with Crippen molar-refractivity contribution in [2.45, 2.75) is 13.5 Å². The Hall–Kier alpha value is -1.75. The van der Waals surface area contributed by atoms with Crippen LogP contribution in [0, 0.1) is 11.8 Å². The number of hydrogen-bond acceptors (Lipinski definition) is 4. The van der Waals surface area contributed by atoms with Crippen LogP contribution in [-0.2, 0) is 11.3 Å². The molecule has 1 heterocycles. The Balaban J connectivity index is 2.08. The standard InChI is InChI=1S/C14H19NO4/c1-9-6-15(8-12(9)14(17)18)7-10-5-11(19-2)3-4-13(10)16/h3-5,9,12,16H,6-8H2,1-2H3,(H,17,18)/t9-,12-/m1/s1. The minimum absolute atomic E-state index is 0.130. The Bertz CT molecular complexity index is 475. The summed E-state index contributed by atoms with van der Waals surface area (Å²) in [5.74, 6) is -0.0371. The van der Waals surface area contributed by atoms with Crippen molar-refractivity contribution in [3.63, 3.8) is 0 Å². The topological polar surface area (TPSA) is 70.0 Å². The molecule has 2 rings (SSSR count). The Labute approximate surface area is 112 Å². The lowest BCUT2D eigenvalue weighted by Gasteiger charge is -2.16. The van der Waals surface area contributed by atoms with Gasteiger partial charge in [-0.15, -0.1) is 0 Å². The molecule has 5 heteroatoms. The van der Waals surface area contributed by atoms with E-state index in [1.165, 1.54) is 0 Å². The molecule has 19 heavy (non-hydrogen) atoms. The van der Waals surface area contributed by atoms with E-state index in [4.69, 9.17) is 9.84 Å². The van der Waals surface area contributed by atoms with Gasteiger partial charge in [0.15, 0.2) is 0 Å². The zero-order valence-electron chi connectivity index (χ0n) is 11.2. The van der Waals surface area contributed by atoms with Gasteiger partial charge in [-0.05, 0) is 24.1 Å². The first-order valence-electron chi connectivity index (χ1n) is 6.32. The summed E-state index contributed by atoms with van der Waals surface area (Å²) in [6.45, 7) is 3.74. The normalized spacial score (nSPS) is 23.5. The maximum absolute atomic E-state index is 11.1. The van der Waals surface area contributed by atoms with Crippen LogP contribution in [0.4, 0.5) is 0 Å². The van der Waals surface area contributed by atoms with Gasteiger partial charge in [0, 0.05) is 25.2 Å². The predicted octanol–water partition coefficient (Wildman–Crippen LogP) is 1.55. The highest BCUT2D eigenvalue weighted by molar-refractivity contribution is 5.71. The van der Waals surface area contributed by atoms with Crippen molar-refractivity contribution in [3.8, 4) is 11.5 Å². The van der Waals surface area contributed by atoms with Gasteiger partial charge in [0.2, 0.25) is 0 Å². The lowest BCUT2D eigenvalue weighted by Crippen LogP contribution is -2.23. The van der Waals surface area contributed by atoms with E-state index in [1.807, 2.05) is 6.92 Å². The maximum Gasteiger partial charge on any atom is 0.308 e. The first-order valence-corrected chi connectivity index (χ1v) is 6.32. The molecule has 2 N–H and O–H groups in total. The van der Waals surface area contributed by atoms with E-state index in [1.54, 1.807) is 25.3 Å². The van der Waals surface area contributed by atoms with Gasteiger partial charge in [0.05, 0.1) is 13.0 Å². The fourth-order valence-electron chi connectivity index (χ4n) is 2.57. The van der Waals surface area contributed by atoms with Crippen LogP contribution >= 0.6 is 0 Å². The van der Waals surface area contributed by atoms with Gasteiger partial charge >= 0.3 is 5.97 Å². The number of likely N-dealkylation sites (tertiary alicyclic amines) is 1. The molecule has 0 spiro atoms. The number of phenolic OH excluding ortho intramolecular Hbond substituents is 1. The van der Waals surface area contributed by atoms with Crippen molar-refractivity contribution in [1.29, 1.82) is 0 Å². The summed E-state index contributed by atoms with van der Waals surface area (Å²) in [6.07, 6.45) is 0. The second kappa shape index (κ2) is 5.48. The molecular weight excluding hydrogens is 246 g/mol. The molecule has 1 fully saturated rings. The minimum Gasteiger partial charge on any atom is -0.508 e. The predicted molar refractivity (Wildman–Crippen MR) is 70.2 cm³/mol. The summed E-state index contributed by atoms with van der Waals surface area (Å²) in [6, 6.07) is 5.09. The third-order valence-electron chi connectivity index (χ3n) is 3.69. The van der Waals surface area contributed by atoms with Gasteiger partial charge in [0.1, 0.15) is 11.5 Å². The van der Waals surface area contributed by atoms with Crippen LogP contribution in [0.2, 0.25) is 0 Å². The number of aromatic hydroxyl groups is 1. The van der Waals surface area contributed by atoms with Crippen molar-refractivity contribution in [3.05, 3.63) is 23.8 Å². The molecule has 1 aliphatic heterocycles. The molecule has 0 aromatic heterocycles. The van der Waals surface area contributed by atoms with Crippen LogP contribution in [-0.4, -0.2) is 41.3 Å². The zero-order valence-corrected chi connectivity index (χ0v) is 11.2. The Kier molecular flexibility index (Phi) is 3.95. The third-order valence-corrected chi connectivity index (χ3v) is 3.69. The highest BCUT2D eigenvalue weighted by Crippen LogP contribution is 2.29. The van der Waals surface area contributed by atoms with Crippen LogP contribution < -0.4 is 4.74 Å². The van der Waals surface area contributed by atoms with E-state index in [2.05, 4.69) is 4.90 Å². The highest BCUT2D eigenvalue weighted by atomic mass is 16.5. The largest absolute Gasteiger partial charge is 0.508 e. The second-order valence-electron chi connectivity index (χ2n) is 5.11. The minimum atomic E-state index is -0.745. The van der Waals surface area contributed by atoms with Crippen LogP contribution in [0.1, 0.15) is 12.5 Å². The van der Waals surface area contributed by atoms with E-state index in [9.17, 15) is 9.90 Å². The number of hydrogen-bond donors (Lipinski definition) is 2. The monoisotopic (exact) mass is 265 g/mol. The number of phenols is 1. The molecule has 0 aliphatic carbocycles. The number of ether oxygens (including phenoxy) is 1. The van der Waals surface area contributed by atoms with Gasteiger partial charge in [-0.25, -0.2) is 0 Å². The smallest absolute Gasteiger partial charge is 0.308 e. The molecule has 0 saturated carbocycles. The quantitative estimate of drug-likeness (QED) is 0.864. The fourth-order valence-corrected chi connectivity index (χ4v) is 2.57. The summed E-state index contributed by atoms with van der Waals surface area (Å²) in [4.78, 5) is 13.1. The number of nitrogens with zero attached hydrogens (tertiary/aromatic N) is 1. The summed E-state index contributed by atoms with van der Waals surface area (Å²) in [7, 11) is 1.58. The summed E-state index contributed by atoms with van der Waals surface area (Å²) in [5, 5.41) is 18.9. The van der Waals surface area contributed by atoms with Crippen LogP contribution in [0.5, 0.6) is 11.5 Å². The van der Waals surface area contributed by atoms with Crippen molar-refractivity contribution >= 4 is 5.97 Å². The van der Waals surface area contributed by atoms with Gasteiger partial charge in [-0.2, -0.15) is 0 Å². The average Bonchev–Trinajstić information content (AvgIpc) is 2.73. The molecule has 1 aromatic rings. The second-order valence-corrected chi connectivity index (χ2v) is 5.11. The third kappa shape index (κ3) is 2.98. The van der Waals surface area contributed by atoms with Gasteiger partial charge in [0.25, 0.3) is 0 Å². The van der Waals surface area contributed by atoms with Gasteiger partial charge in [-0.3, -0.25) is 9.69 Å². The molecule has 0 bridgehead atoms. The summed E-state index contributed by atoms with van der Waals surface area (Å²) < 4.78 is 5.13. The van der Waals surface area contributed by atoms with Crippen molar-refractivity contribution in [1.82, 2.24) is 4.90 Å². The summed E-state index contributed by atoms with van der Waals surface area (Å²) >= 11 is 0. The molecule has 1 aliphatic rings. The molecule has 1 aromatic carbocycles. The van der Waals surface area contributed by atoms with Crippen molar-refractivity contribution in [2.24, 2.45) is 11.8 Å². The molecule has 5 nitrogen and oxygen atoms in total. The first-order chi connectivity index (χ1) is 9.01. The number of carboxylic acids is 1. The lowest BCUT2D eigenvalue weighted by atomic mass is 9.99. The van der Waals surface area contributed by atoms with Crippen LogP contribution in [0.15, 0.2) is 18.2 Å². The number of carbonyl (C=O) groups is 1. The van der Waals surface area contributed by atoms with Gasteiger partial charge in [-0.1, -0.05) is 6.92 Å². The summed E-state index contributed by atoms with van der Waals surface area (Å²) in [5.41, 5.74) is 0.762. The van der Waals surface area contributed by atoms with Crippen LogP contribution in [0.25, 0.3) is 0 Å².